The van der Waals surface area contributed by atoms with Gasteiger partial charge in [0.25, 0.3) is 0 Å². The molecule has 2 amide bonds. The van der Waals surface area contributed by atoms with Gasteiger partial charge in [0.15, 0.2) is 0 Å². The van der Waals surface area contributed by atoms with Crippen LogP contribution in [-0.2, 0) is 21.4 Å². The number of ether oxygens (including phenoxy) is 1. The van der Waals surface area contributed by atoms with Crippen molar-refractivity contribution in [3.63, 3.8) is 0 Å². The van der Waals surface area contributed by atoms with Gasteiger partial charge < -0.3 is 20.3 Å². The van der Waals surface area contributed by atoms with Crippen LogP contribution in [0.1, 0.15) is 36.8 Å². The van der Waals surface area contributed by atoms with Crippen LogP contribution in [0.25, 0.3) is 0 Å². The lowest BCUT2D eigenvalue weighted by Crippen LogP contribution is -2.54. The first-order chi connectivity index (χ1) is 16.7. The minimum Gasteiger partial charge on any atom is -0.406 e. The molecule has 2 aromatic carbocycles. The lowest BCUT2D eigenvalue weighted by molar-refractivity contribution is -0.274. The van der Waals surface area contributed by atoms with Gasteiger partial charge in [0.05, 0.1) is 5.41 Å². The molecular weight excluding hydrogens is 459 g/mol. The van der Waals surface area contributed by atoms with Gasteiger partial charge in [-0.2, -0.15) is 0 Å². The van der Waals surface area contributed by atoms with E-state index >= 15 is 0 Å². The predicted molar refractivity (Wildman–Crippen MR) is 125 cm³/mol. The number of piperidine rings is 1. The molecule has 35 heavy (non-hydrogen) atoms. The lowest BCUT2D eigenvalue weighted by Gasteiger charge is -2.34. The zero-order chi connectivity index (χ0) is 25.1. The van der Waals surface area contributed by atoms with Crippen molar-refractivity contribution < 1.29 is 27.5 Å². The van der Waals surface area contributed by atoms with Gasteiger partial charge in [0.1, 0.15) is 11.8 Å². The molecular formula is C26H30F3N3O3. The van der Waals surface area contributed by atoms with Crippen molar-refractivity contribution in [2.24, 2.45) is 0 Å². The summed E-state index contributed by atoms with van der Waals surface area (Å²) in [5, 5.41) is 6.23. The zero-order valence-corrected chi connectivity index (χ0v) is 19.6. The fraction of sp³-hybridized carbons (Fsp3) is 0.462. The SMILES string of the molecule is CNC1CCN(C(=O)C(Cc2ccccc2)NC(=O)C2(c3ccc(OC(F)(F)F)cc3)CC2)CC1. The van der Waals surface area contributed by atoms with Gasteiger partial charge in [0.2, 0.25) is 11.8 Å². The maximum Gasteiger partial charge on any atom is 0.573 e. The molecule has 6 nitrogen and oxygen atoms in total. The Balaban J connectivity index is 1.49. The first-order valence-electron chi connectivity index (χ1n) is 11.9. The van der Waals surface area contributed by atoms with Gasteiger partial charge in [-0.05, 0) is 56.0 Å². The maximum atomic E-state index is 13.5. The molecule has 1 atom stereocenters. The molecule has 1 saturated carbocycles. The highest BCUT2D eigenvalue weighted by Crippen LogP contribution is 2.49. The normalized spacial score (nSPS) is 18.6. The largest absolute Gasteiger partial charge is 0.573 e. The van der Waals surface area contributed by atoms with Crippen molar-refractivity contribution in [3.8, 4) is 5.75 Å². The van der Waals surface area contributed by atoms with Crippen LogP contribution in [0.4, 0.5) is 13.2 Å². The second kappa shape index (κ2) is 10.3. The topological polar surface area (TPSA) is 70.7 Å². The number of carbonyl (C=O) groups is 2. The van der Waals surface area contributed by atoms with Gasteiger partial charge in [0, 0.05) is 25.6 Å². The van der Waals surface area contributed by atoms with E-state index in [1.54, 1.807) is 0 Å². The molecule has 0 bridgehead atoms. The first kappa shape index (κ1) is 25.0. The zero-order valence-electron chi connectivity index (χ0n) is 19.6. The van der Waals surface area contributed by atoms with Crippen LogP contribution in [-0.4, -0.2) is 55.3 Å². The van der Waals surface area contributed by atoms with Crippen molar-refractivity contribution >= 4 is 11.8 Å². The van der Waals surface area contributed by atoms with Gasteiger partial charge in [-0.1, -0.05) is 42.5 Å². The molecule has 9 heteroatoms. The quantitative estimate of drug-likeness (QED) is 0.595. The molecule has 2 N–H and O–H groups in total. The second-order valence-corrected chi connectivity index (χ2v) is 9.26. The number of hydrogen-bond donors (Lipinski definition) is 2. The number of alkyl halides is 3. The Kier molecular flexibility index (Phi) is 7.35. The molecule has 0 radical (unpaired) electrons. The van der Waals surface area contributed by atoms with Crippen molar-refractivity contribution in [1.82, 2.24) is 15.5 Å². The number of benzene rings is 2. The summed E-state index contributed by atoms with van der Waals surface area (Å²) in [6.45, 7) is 1.24. The van der Waals surface area contributed by atoms with Crippen molar-refractivity contribution in [1.29, 1.82) is 0 Å². The molecule has 0 spiro atoms. The highest BCUT2D eigenvalue weighted by molar-refractivity contribution is 5.95. The average molecular weight is 490 g/mol. The van der Waals surface area contributed by atoms with E-state index in [0.717, 1.165) is 18.4 Å². The molecule has 1 saturated heterocycles. The van der Waals surface area contributed by atoms with Gasteiger partial charge in [-0.3, -0.25) is 9.59 Å². The third-order valence-electron chi connectivity index (χ3n) is 6.93. The Morgan fingerprint density at radius 2 is 1.69 bits per heavy atom. The summed E-state index contributed by atoms with van der Waals surface area (Å²) < 4.78 is 41.4. The highest BCUT2D eigenvalue weighted by Gasteiger charge is 2.52. The molecule has 1 heterocycles. The number of halogens is 3. The minimum atomic E-state index is -4.77. The number of nitrogens with one attached hydrogen (secondary N) is 2. The molecule has 0 aromatic heterocycles. The molecule has 2 aromatic rings. The van der Waals surface area contributed by atoms with E-state index < -0.39 is 17.8 Å². The van der Waals surface area contributed by atoms with Crippen LogP contribution in [0.2, 0.25) is 0 Å². The number of hydrogen-bond acceptors (Lipinski definition) is 4. The van der Waals surface area contributed by atoms with E-state index in [1.165, 1.54) is 24.3 Å². The monoisotopic (exact) mass is 489 g/mol. The summed E-state index contributed by atoms with van der Waals surface area (Å²) in [5.41, 5.74) is 0.713. The third-order valence-corrected chi connectivity index (χ3v) is 6.93. The number of likely N-dealkylation sites (tertiary alicyclic amines) is 1. The second-order valence-electron chi connectivity index (χ2n) is 9.26. The van der Waals surface area contributed by atoms with Gasteiger partial charge >= 0.3 is 6.36 Å². The Morgan fingerprint density at radius 3 is 2.23 bits per heavy atom. The Hall–Kier alpha value is -3.07. The molecule has 2 aliphatic rings. The van der Waals surface area contributed by atoms with E-state index in [-0.39, 0.29) is 17.6 Å². The van der Waals surface area contributed by atoms with Crippen LogP contribution in [0, 0.1) is 0 Å². The Bertz CT molecular complexity index is 1020. The highest BCUT2D eigenvalue weighted by atomic mass is 19.4. The summed E-state index contributed by atoms with van der Waals surface area (Å²) >= 11 is 0. The van der Waals surface area contributed by atoms with Gasteiger partial charge in [-0.15, -0.1) is 13.2 Å². The van der Waals surface area contributed by atoms with E-state index in [0.29, 0.717) is 44.0 Å². The Labute approximate surface area is 202 Å². The number of nitrogens with zero attached hydrogens (tertiary/aromatic N) is 1. The smallest absolute Gasteiger partial charge is 0.406 e. The lowest BCUT2D eigenvalue weighted by atomic mass is 9.93. The molecule has 2 fully saturated rings. The first-order valence-corrected chi connectivity index (χ1v) is 11.9. The number of rotatable bonds is 8. The van der Waals surface area contributed by atoms with E-state index in [2.05, 4.69) is 15.4 Å². The fourth-order valence-electron chi connectivity index (χ4n) is 4.70. The summed E-state index contributed by atoms with van der Waals surface area (Å²) in [4.78, 5) is 28.7. The molecule has 1 unspecified atom stereocenters. The summed E-state index contributed by atoms with van der Waals surface area (Å²) in [6, 6.07) is 14.6. The molecule has 4 rings (SSSR count). The third kappa shape index (κ3) is 6.14. The van der Waals surface area contributed by atoms with E-state index in [9.17, 15) is 22.8 Å². The van der Waals surface area contributed by atoms with E-state index in [4.69, 9.17) is 0 Å². The van der Waals surface area contributed by atoms with Crippen molar-refractivity contribution in [3.05, 3.63) is 65.7 Å². The number of carbonyl (C=O) groups excluding carboxylic acids is 2. The molecule has 188 valence electrons. The summed E-state index contributed by atoms with van der Waals surface area (Å²) in [6.07, 6.45) is -1.57. The van der Waals surface area contributed by atoms with E-state index in [1.807, 2.05) is 42.3 Å². The van der Waals surface area contributed by atoms with Crippen LogP contribution in [0.3, 0.4) is 0 Å². The van der Waals surface area contributed by atoms with Crippen molar-refractivity contribution in [2.75, 3.05) is 20.1 Å². The van der Waals surface area contributed by atoms with Crippen LogP contribution in [0.15, 0.2) is 54.6 Å². The predicted octanol–water partition coefficient (Wildman–Crippen LogP) is 3.55. The van der Waals surface area contributed by atoms with Crippen molar-refractivity contribution in [2.45, 2.75) is 56.0 Å². The maximum absolute atomic E-state index is 13.5. The van der Waals surface area contributed by atoms with Crippen LogP contribution >= 0.6 is 0 Å². The Morgan fingerprint density at radius 1 is 1.06 bits per heavy atom. The fourth-order valence-corrected chi connectivity index (χ4v) is 4.70. The average Bonchev–Trinajstić information content (AvgIpc) is 3.65. The number of amides is 2. The summed E-state index contributed by atoms with van der Waals surface area (Å²) in [5.74, 6) is -0.720. The molecule has 1 aliphatic carbocycles. The molecule has 1 aliphatic heterocycles. The summed E-state index contributed by atoms with van der Waals surface area (Å²) in [7, 11) is 1.91. The van der Waals surface area contributed by atoms with Crippen LogP contribution in [0.5, 0.6) is 5.75 Å². The minimum absolute atomic E-state index is 0.110. The van der Waals surface area contributed by atoms with Gasteiger partial charge in [-0.25, -0.2) is 0 Å². The standard InChI is InChI=1S/C26H30F3N3O3/c1-30-20-11-15-32(16-12-20)23(33)22(17-18-5-3-2-4-6-18)31-24(34)25(13-14-25)19-7-9-21(10-8-19)35-26(27,28)29/h2-10,20,22,30H,11-17H2,1H3,(H,31,34). The van der Waals surface area contributed by atoms with Crippen LogP contribution < -0.4 is 15.4 Å².